The number of pyridine rings is 1. The van der Waals surface area contributed by atoms with Gasteiger partial charge in [-0.2, -0.15) is 10.2 Å². The van der Waals surface area contributed by atoms with Crippen LogP contribution in [-0.2, 0) is 0 Å². The van der Waals surface area contributed by atoms with Crippen molar-refractivity contribution in [2.24, 2.45) is 0 Å². The van der Waals surface area contributed by atoms with Gasteiger partial charge in [0, 0.05) is 23.2 Å². The second-order valence-electron chi connectivity index (χ2n) is 5.05. The average Bonchev–Trinajstić information content (AvgIpc) is 3.13. The number of anilines is 1. The minimum Gasteiger partial charge on any atom is -0.382 e. The molecule has 0 atom stereocenters. The number of rotatable bonds is 2. The van der Waals surface area contributed by atoms with Crippen molar-refractivity contribution in [2.45, 2.75) is 4.90 Å². The van der Waals surface area contributed by atoms with E-state index < -0.39 is 5.82 Å². The van der Waals surface area contributed by atoms with E-state index in [1.807, 2.05) is 12.1 Å². The average molecular weight is 402 g/mol. The Bertz CT molecular complexity index is 1060. The van der Waals surface area contributed by atoms with Crippen LogP contribution in [0.15, 0.2) is 35.5 Å². The Kier molecular flexibility index (Phi) is 6.58. The fraction of sp³-hybridized carbons (Fsp3) is 0.0625. The molecule has 4 aromatic rings. The van der Waals surface area contributed by atoms with E-state index in [1.165, 1.54) is 11.8 Å². The SMILES string of the molecule is CSc1c(F)c(Cl)c(-c2ccn3nc(N)cc3c2)c2cn[nH]c12.[CH3-].[K+]. The Balaban J connectivity index is 0.00000113. The summed E-state index contributed by atoms with van der Waals surface area (Å²) in [6.45, 7) is 0. The van der Waals surface area contributed by atoms with Crippen molar-refractivity contribution >= 4 is 45.6 Å². The molecular weight excluding hydrogens is 388 g/mol. The van der Waals surface area contributed by atoms with Crippen LogP contribution in [0.3, 0.4) is 0 Å². The first-order valence-electron chi connectivity index (χ1n) is 6.73. The molecule has 1 aromatic carbocycles. The van der Waals surface area contributed by atoms with Gasteiger partial charge in [0.15, 0.2) is 5.82 Å². The van der Waals surface area contributed by atoms with Crippen molar-refractivity contribution < 1.29 is 55.8 Å². The molecule has 0 aliphatic carbocycles. The third-order valence-electron chi connectivity index (χ3n) is 3.72. The topological polar surface area (TPSA) is 72.0 Å². The summed E-state index contributed by atoms with van der Waals surface area (Å²) in [7, 11) is 0. The molecule has 9 heteroatoms. The molecule has 0 aliphatic heterocycles. The molecule has 3 aromatic heterocycles. The van der Waals surface area contributed by atoms with Crippen LogP contribution in [0.5, 0.6) is 0 Å². The molecule has 4 rings (SSSR count). The Morgan fingerprint density at radius 1 is 1.36 bits per heavy atom. The number of benzene rings is 1. The van der Waals surface area contributed by atoms with Gasteiger partial charge in [0.05, 0.1) is 27.1 Å². The first-order chi connectivity index (χ1) is 11.1. The number of aromatic amines is 1. The van der Waals surface area contributed by atoms with Crippen molar-refractivity contribution in [1.29, 1.82) is 0 Å². The summed E-state index contributed by atoms with van der Waals surface area (Å²) in [5, 5.41) is 11.9. The van der Waals surface area contributed by atoms with Crippen LogP contribution in [0.25, 0.3) is 27.5 Å². The first-order valence-corrected chi connectivity index (χ1v) is 8.33. The first kappa shape index (κ1) is 20.7. The Morgan fingerprint density at radius 2 is 2.12 bits per heavy atom. The fourth-order valence-corrected chi connectivity index (χ4v) is 3.73. The number of H-pyrrole nitrogens is 1. The molecule has 0 aliphatic rings. The van der Waals surface area contributed by atoms with Crippen LogP contribution in [0, 0.1) is 13.2 Å². The summed E-state index contributed by atoms with van der Waals surface area (Å²) >= 11 is 7.62. The Morgan fingerprint density at radius 3 is 2.84 bits per heavy atom. The molecule has 3 heterocycles. The van der Waals surface area contributed by atoms with Crippen LogP contribution in [0.1, 0.15) is 0 Å². The van der Waals surface area contributed by atoms with Crippen molar-refractivity contribution in [2.75, 3.05) is 12.0 Å². The number of halogens is 2. The zero-order valence-electron chi connectivity index (χ0n) is 14.0. The van der Waals surface area contributed by atoms with Crippen LogP contribution in [0.4, 0.5) is 10.2 Å². The van der Waals surface area contributed by atoms with Gasteiger partial charge < -0.3 is 13.2 Å². The maximum absolute atomic E-state index is 14.6. The quantitative estimate of drug-likeness (QED) is 0.303. The van der Waals surface area contributed by atoms with Crippen LogP contribution < -0.4 is 57.1 Å². The summed E-state index contributed by atoms with van der Waals surface area (Å²) in [4.78, 5) is 0.459. The van der Waals surface area contributed by atoms with Crippen LogP contribution in [0.2, 0.25) is 5.02 Å². The van der Waals surface area contributed by atoms with Gasteiger partial charge in [-0.05, 0) is 24.0 Å². The predicted molar refractivity (Wildman–Crippen MR) is 97.9 cm³/mol. The van der Waals surface area contributed by atoms with Crippen molar-refractivity contribution in [1.82, 2.24) is 19.8 Å². The third kappa shape index (κ3) is 3.36. The van der Waals surface area contributed by atoms with Gasteiger partial charge in [0.2, 0.25) is 0 Å². The van der Waals surface area contributed by atoms with E-state index >= 15 is 0 Å². The molecule has 5 nitrogen and oxygen atoms in total. The zero-order valence-corrected chi connectivity index (χ0v) is 18.7. The molecule has 0 bridgehead atoms. The van der Waals surface area contributed by atoms with Crippen molar-refractivity contribution in [3.63, 3.8) is 0 Å². The molecule has 0 fully saturated rings. The minimum absolute atomic E-state index is 0. The van der Waals surface area contributed by atoms with Gasteiger partial charge in [-0.3, -0.25) is 5.10 Å². The van der Waals surface area contributed by atoms with Gasteiger partial charge in [-0.25, -0.2) is 8.91 Å². The number of nitrogens with two attached hydrogens (primary N) is 1. The maximum Gasteiger partial charge on any atom is 1.00 e. The maximum atomic E-state index is 14.6. The minimum atomic E-state index is -0.446. The number of nitrogens with zero attached hydrogens (tertiary/aromatic N) is 3. The van der Waals surface area contributed by atoms with E-state index in [0.717, 1.165) is 16.5 Å². The monoisotopic (exact) mass is 401 g/mol. The largest absolute Gasteiger partial charge is 1.00 e. The van der Waals surface area contributed by atoms with Crippen molar-refractivity contribution in [3.8, 4) is 11.1 Å². The molecule has 124 valence electrons. The van der Waals surface area contributed by atoms with E-state index in [4.69, 9.17) is 17.3 Å². The van der Waals surface area contributed by atoms with Gasteiger partial charge in [-0.1, -0.05) is 11.6 Å². The number of aromatic nitrogens is 4. The smallest absolute Gasteiger partial charge is 0.382 e. The molecule has 25 heavy (non-hydrogen) atoms. The van der Waals surface area contributed by atoms with E-state index in [2.05, 4.69) is 15.3 Å². The van der Waals surface area contributed by atoms with Crippen LogP contribution >= 0.6 is 23.4 Å². The zero-order chi connectivity index (χ0) is 16.1. The summed E-state index contributed by atoms with van der Waals surface area (Å²) in [5.74, 6) is -0.0237. The van der Waals surface area contributed by atoms with Crippen LogP contribution in [-0.4, -0.2) is 26.1 Å². The summed E-state index contributed by atoms with van der Waals surface area (Å²) < 4.78 is 16.3. The van der Waals surface area contributed by atoms with E-state index in [-0.39, 0.29) is 63.8 Å². The summed E-state index contributed by atoms with van der Waals surface area (Å²) in [6.07, 6.45) is 5.23. The van der Waals surface area contributed by atoms with Gasteiger partial charge in [0.25, 0.3) is 0 Å². The Hall–Kier alpha value is -0.614. The normalized spacial score (nSPS) is 10.7. The molecule has 0 saturated heterocycles. The number of nitrogen functional groups attached to an aromatic ring is 1. The van der Waals surface area contributed by atoms with Gasteiger partial charge >= 0.3 is 51.4 Å². The van der Waals surface area contributed by atoms with Crippen molar-refractivity contribution in [3.05, 3.63) is 48.9 Å². The summed E-state index contributed by atoms with van der Waals surface area (Å²) in [5.41, 5.74) is 8.54. The standard InChI is InChI=1S/C15H11ClFN5S.CH3.K/c1-23-15-13(17)12(16)11(9-6-19-20-14(9)15)7-2-3-22-8(4-7)5-10(18)21-22;;/h2-6H,1H3,(H2,18,21)(H,19,20);1H3;/q;-1;+1. The second kappa shape index (κ2) is 7.95. The molecule has 3 N–H and O–H groups in total. The molecular formula is C16H14ClFKN5S. The summed E-state index contributed by atoms with van der Waals surface area (Å²) in [6, 6.07) is 5.44. The molecule has 0 unspecified atom stereocenters. The third-order valence-corrected chi connectivity index (χ3v) is 4.87. The fourth-order valence-electron chi connectivity index (χ4n) is 2.73. The number of hydrogen-bond acceptors (Lipinski definition) is 4. The van der Waals surface area contributed by atoms with E-state index in [1.54, 1.807) is 29.2 Å². The number of hydrogen-bond donors (Lipinski definition) is 2. The molecule has 0 saturated carbocycles. The van der Waals surface area contributed by atoms with Gasteiger partial charge in [0.1, 0.15) is 5.82 Å². The second-order valence-corrected chi connectivity index (χ2v) is 6.24. The predicted octanol–water partition coefficient (Wildman–Crippen LogP) is 1.43. The molecule has 0 radical (unpaired) electrons. The number of fused-ring (bicyclic) bond motifs is 2. The van der Waals surface area contributed by atoms with Gasteiger partial charge in [-0.15, -0.1) is 11.8 Å². The van der Waals surface area contributed by atoms with E-state index in [0.29, 0.717) is 21.8 Å². The molecule has 0 spiro atoms. The number of nitrogens with one attached hydrogen (secondary N) is 1. The molecule has 0 amide bonds. The van der Waals surface area contributed by atoms with E-state index in [9.17, 15) is 4.39 Å². The number of thioether (sulfide) groups is 1. The Labute approximate surface area is 195 Å².